The Morgan fingerprint density at radius 3 is 2.56 bits per heavy atom. The summed E-state index contributed by atoms with van der Waals surface area (Å²) in [5.74, 6) is 0.245. The Kier molecular flexibility index (Phi) is 5.62. The maximum atomic E-state index is 13.2. The summed E-state index contributed by atoms with van der Waals surface area (Å²) >= 11 is 0. The molecule has 0 spiro atoms. The number of ether oxygens (including phenoxy) is 1. The first-order valence-electron chi connectivity index (χ1n) is 11.1. The molecule has 5 nitrogen and oxygen atoms in total. The quantitative estimate of drug-likeness (QED) is 0.663. The highest BCUT2D eigenvalue weighted by molar-refractivity contribution is 5.81. The molecule has 2 aromatic carbocycles. The average Bonchev–Trinajstić information content (AvgIpc) is 3.25. The number of anilines is 1. The minimum absolute atomic E-state index is 0.00396. The van der Waals surface area contributed by atoms with E-state index in [4.69, 9.17) is 10.5 Å². The summed E-state index contributed by atoms with van der Waals surface area (Å²) in [5.41, 5.74) is 12.4. The van der Waals surface area contributed by atoms with Crippen molar-refractivity contribution in [3.8, 4) is 11.3 Å². The Bertz CT molecular complexity index is 1140. The average molecular weight is 432 g/mol. The summed E-state index contributed by atoms with van der Waals surface area (Å²) in [6.45, 7) is 2.86. The van der Waals surface area contributed by atoms with Crippen LogP contribution in [0.2, 0.25) is 0 Å². The Balaban J connectivity index is 1.29. The van der Waals surface area contributed by atoms with E-state index in [-0.39, 0.29) is 18.1 Å². The Hall–Kier alpha value is -3.25. The highest BCUT2D eigenvalue weighted by Crippen LogP contribution is 2.32. The Morgan fingerprint density at radius 2 is 1.78 bits per heavy atom. The van der Waals surface area contributed by atoms with Crippen molar-refractivity contribution in [2.75, 3.05) is 18.9 Å². The lowest BCUT2D eigenvalue weighted by Gasteiger charge is -2.22. The summed E-state index contributed by atoms with van der Waals surface area (Å²) in [5, 5.41) is 0. The van der Waals surface area contributed by atoms with Crippen LogP contribution in [0, 0.1) is 5.82 Å². The van der Waals surface area contributed by atoms with Gasteiger partial charge in [0.15, 0.2) is 0 Å². The second kappa shape index (κ2) is 8.71. The first-order chi connectivity index (χ1) is 15.6. The molecular formula is C26H26FN3O2. The second-order valence-electron chi connectivity index (χ2n) is 8.58. The van der Waals surface area contributed by atoms with Gasteiger partial charge in [-0.25, -0.2) is 4.39 Å². The van der Waals surface area contributed by atoms with Gasteiger partial charge < -0.3 is 15.4 Å². The van der Waals surface area contributed by atoms with Gasteiger partial charge in [0.1, 0.15) is 5.82 Å². The van der Waals surface area contributed by atoms with Crippen LogP contribution in [-0.4, -0.2) is 29.0 Å². The molecule has 164 valence electrons. The number of benzene rings is 2. The van der Waals surface area contributed by atoms with Crippen LogP contribution in [0.1, 0.15) is 41.1 Å². The molecular weight excluding hydrogens is 405 g/mol. The molecule has 0 bridgehead atoms. The largest absolute Gasteiger partial charge is 0.397 e. The number of nitrogens with two attached hydrogens (primary N) is 1. The topological polar surface area (TPSA) is 68.5 Å². The molecule has 2 aliphatic heterocycles. The van der Waals surface area contributed by atoms with Crippen LogP contribution < -0.4 is 5.73 Å². The van der Waals surface area contributed by atoms with E-state index in [1.165, 1.54) is 28.8 Å². The van der Waals surface area contributed by atoms with Gasteiger partial charge in [-0.05, 0) is 71.8 Å². The number of halogens is 1. The van der Waals surface area contributed by atoms with Gasteiger partial charge >= 0.3 is 0 Å². The van der Waals surface area contributed by atoms with Crippen LogP contribution in [-0.2, 0) is 29.0 Å². The van der Waals surface area contributed by atoms with Crippen LogP contribution in [0.3, 0.4) is 0 Å². The lowest BCUT2D eigenvalue weighted by molar-refractivity contribution is -0.131. The standard InChI is InChI=1S/C26H26FN3O2/c27-22-5-3-18(4-6-22)24-8-7-23(28)25(29-24)14-26(31)30-15-20-2-1-19(13-21(20)16-30)17-9-11-32-12-10-17/h1-8,13,17H,9-12,14-16,28H2. The number of nitrogen functional groups attached to an aromatic ring is 1. The number of rotatable bonds is 4. The fourth-order valence-electron chi connectivity index (χ4n) is 4.57. The maximum Gasteiger partial charge on any atom is 0.229 e. The summed E-state index contributed by atoms with van der Waals surface area (Å²) in [6.07, 6.45) is 2.25. The summed E-state index contributed by atoms with van der Waals surface area (Å²) in [4.78, 5) is 19.5. The van der Waals surface area contributed by atoms with E-state index in [2.05, 4.69) is 23.2 Å². The lowest BCUT2D eigenvalue weighted by Crippen LogP contribution is -2.27. The molecule has 1 aromatic heterocycles. The number of carbonyl (C=O) groups is 1. The minimum atomic E-state index is -0.298. The first-order valence-corrected chi connectivity index (χ1v) is 11.1. The summed E-state index contributed by atoms with van der Waals surface area (Å²) < 4.78 is 18.7. The van der Waals surface area contributed by atoms with Gasteiger partial charge in [-0.15, -0.1) is 0 Å². The van der Waals surface area contributed by atoms with Gasteiger partial charge in [0, 0.05) is 31.9 Å². The molecule has 32 heavy (non-hydrogen) atoms. The maximum absolute atomic E-state index is 13.2. The van der Waals surface area contributed by atoms with Crippen molar-refractivity contribution < 1.29 is 13.9 Å². The highest BCUT2D eigenvalue weighted by Gasteiger charge is 2.26. The van der Waals surface area contributed by atoms with E-state index < -0.39 is 0 Å². The molecule has 2 N–H and O–H groups in total. The molecule has 6 heteroatoms. The fourth-order valence-corrected chi connectivity index (χ4v) is 4.57. The summed E-state index contributed by atoms with van der Waals surface area (Å²) in [6, 6.07) is 16.3. The van der Waals surface area contributed by atoms with Crippen LogP contribution >= 0.6 is 0 Å². The van der Waals surface area contributed by atoms with E-state index in [0.29, 0.717) is 36.1 Å². The van der Waals surface area contributed by atoms with Gasteiger partial charge in [-0.3, -0.25) is 9.78 Å². The molecule has 0 unspecified atom stereocenters. The zero-order valence-electron chi connectivity index (χ0n) is 17.9. The molecule has 1 fully saturated rings. The van der Waals surface area contributed by atoms with Gasteiger partial charge in [0.2, 0.25) is 5.91 Å². The molecule has 1 amide bonds. The van der Waals surface area contributed by atoms with Gasteiger partial charge in [-0.2, -0.15) is 0 Å². The van der Waals surface area contributed by atoms with E-state index in [1.54, 1.807) is 24.3 Å². The Morgan fingerprint density at radius 1 is 1.03 bits per heavy atom. The number of hydrogen-bond acceptors (Lipinski definition) is 4. The van der Waals surface area contributed by atoms with Gasteiger partial charge in [0.05, 0.1) is 23.5 Å². The molecule has 0 radical (unpaired) electrons. The van der Waals surface area contributed by atoms with Crippen molar-refractivity contribution >= 4 is 11.6 Å². The van der Waals surface area contributed by atoms with Crippen LogP contribution in [0.25, 0.3) is 11.3 Å². The van der Waals surface area contributed by atoms with Crippen LogP contribution in [0.4, 0.5) is 10.1 Å². The van der Waals surface area contributed by atoms with Gasteiger partial charge in [0.25, 0.3) is 0 Å². The molecule has 3 aromatic rings. The molecule has 5 rings (SSSR count). The van der Waals surface area contributed by atoms with Crippen molar-refractivity contribution in [2.45, 2.75) is 38.3 Å². The number of amides is 1. The smallest absolute Gasteiger partial charge is 0.229 e. The normalized spacial score (nSPS) is 16.2. The predicted molar refractivity (Wildman–Crippen MR) is 121 cm³/mol. The van der Waals surface area contributed by atoms with Crippen molar-refractivity contribution in [3.63, 3.8) is 0 Å². The van der Waals surface area contributed by atoms with Crippen molar-refractivity contribution in [1.29, 1.82) is 0 Å². The number of pyridine rings is 1. The number of hydrogen-bond donors (Lipinski definition) is 1. The minimum Gasteiger partial charge on any atom is -0.397 e. The second-order valence-corrected chi connectivity index (χ2v) is 8.58. The highest BCUT2D eigenvalue weighted by atomic mass is 19.1. The molecule has 0 saturated carbocycles. The molecule has 0 aliphatic carbocycles. The molecule has 3 heterocycles. The zero-order valence-corrected chi connectivity index (χ0v) is 17.9. The van der Waals surface area contributed by atoms with Crippen molar-refractivity contribution in [2.24, 2.45) is 0 Å². The number of fused-ring (bicyclic) bond motifs is 1. The van der Waals surface area contributed by atoms with Crippen LogP contribution in [0.5, 0.6) is 0 Å². The number of nitrogens with zero attached hydrogens (tertiary/aromatic N) is 2. The first kappa shape index (κ1) is 20.6. The predicted octanol–water partition coefficient (Wildman–Crippen LogP) is 4.45. The number of carbonyl (C=O) groups excluding carboxylic acids is 1. The van der Waals surface area contributed by atoms with E-state index >= 15 is 0 Å². The number of aromatic nitrogens is 1. The molecule has 1 saturated heterocycles. The van der Waals surface area contributed by atoms with E-state index in [1.807, 2.05) is 4.90 Å². The van der Waals surface area contributed by atoms with Crippen molar-refractivity contribution in [1.82, 2.24) is 9.88 Å². The monoisotopic (exact) mass is 431 g/mol. The molecule has 0 atom stereocenters. The fraction of sp³-hybridized carbons (Fsp3) is 0.308. The zero-order chi connectivity index (χ0) is 22.1. The third-order valence-corrected chi connectivity index (χ3v) is 6.47. The third kappa shape index (κ3) is 4.23. The van der Waals surface area contributed by atoms with Crippen LogP contribution in [0.15, 0.2) is 54.6 Å². The SMILES string of the molecule is Nc1ccc(-c2ccc(F)cc2)nc1CC(=O)N1Cc2ccc(C3CCOCC3)cc2C1. The molecule has 2 aliphatic rings. The van der Waals surface area contributed by atoms with E-state index in [9.17, 15) is 9.18 Å². The summed E-state index contributed by atoms with van der Waals surface area (Å²) in [7, 11) is 0. The lowest BCUT2D eigenvalue weighted by atomic mass is 9.90. The van der Waals surface area contributed by atoms with E-state index in [0.717, 1.165) is 31.6 Å². The van der Waals surface area contributed by atoms with Gasteiger partial charge in [-0.1, -0.05) is 18.2 Å². The third-order valence-electron chi connectivity index (χ3n) is 6.47. The van der Waals surface area contributed by atoms with Crippen molar-refractivity contribution in [3.05, 3.63) is 82.8 Å². The Labute approximate surface area is 187 Å².